The van der Waals surface area contributed by atoms with E-state index in [0.29, 0.717) is 19.0 Å². The van der Waals surface area contributed by atoms with Gasteiger partial charge in [-0.2, -0.15) is 5.26 Å². The number of carbonyl (C=O) groups is 1. The number of likely N-dealkylation sites (tertiary alicyclic amines) is 1. The average Bonchev–Trinajstić information content (AvgIpc) is 2.92. The summed E-state index contributed by atoms with van der Waals surface area (Å²) in [5, 5.41) is 13.7. The molecule has 6 heteroatoms. The molecule has 1 fully saturated rings. The normalized spacial score (nSPS) is 23.6. The number of nitrogens with zero attached hydrogens (tertiary/aromatic N) is 2. The minimum Gasteiger partial charge on any atom is -0.453 e. The minimum absolute atomic E-state index is 0.0293. The Morgan fingerprint density at radius 2 is 2.53 bits per heavy atom. The Morgan fingerprint density at radius 3 is 3.16 bits per heavy atom. The summed E-state index contributed by atoms with van der Waals surface area (Å²) in [6.45, 7) is 1.96. The zero-order valence-electron chi connectivity index (χ0n) is 10.8. The molecule has 2 atom stereocenters. The van der Waals surface area contributed by atoms with Gasteiger partial charge in [0.15, 0.2) is 0 Å². The fourth-order valence-electron chi connectivity index (χ4n) is 2.48. The topological polar surface area (TPSA) is 65.4 Å². The third-order valence-corrected chi connectivity index (χ3v) is 4.31. The van der Waals surface area contributed by atoms with E-state index in [1.54, 1.807) is 11.3 Å². The Kier molecular flexibility index (Phi) is 4.77. The number of nitriles is 1. The predicted octanol–water partition coefficient (Wildman–Crippen LogP) is 1.79. The number of ether oxygens (including phenoxy) is 1. The van der Waals surface area contributed by atoms with Gasteiger partial charge in [-0.15, -0.1) is 11.3 Å². The molecule has 2 heterocycles. The van der Waals surface area contributed by atoms with Crippen LogP contribution in [0.3, 0.4) is 0 Å². The van der Waals surface area contributed by atoms with Gasteiger partial charge in [0.25, 0.3) is 0 Å². The summed E-state index contributed by atoms with van der Waals surface area (Å²) in [5.41, 5.74) is 0. The molecule has 0 bridgehead atoms. The van der Waals surface area contributed by atoms with E-state index in [1.807, 2.05) is 6.07 Å². The number of hydrogen-bond acceptors (Lipinski definition) is 5. The molecule has 2 unspecified atom stereocenters. The number of piperidine rings is 1. The van der Waals surface area contributed by atoms with Gasteiger partial charge >= 0.3 is 6.09 Å². The Hall–Kier alpha value is -1.58. The maximum Gasteiger partial charge on any atom is 0.407 e. The van der Waals surface area contributed by atoms with Crippen molar-refractivity contribution in [1.29, 1.82) is 5.26 Å². The van der Waals surface area contributed by atoms with Gasteiger partial charge in [0.1, 0.15) is 0 Å². The van der Waals surface area contributed by atoms with E-state index in [1.165, 1.54) is 12.0 Å². The van der Waals surface area contributed by atoms with Crippen LogP contribution < -0.4 is 5.32 Å². The van der Waals surface area contributed by atoms with Crippen molar-refractivity contribution in [2.24, 2.45) is 0 Å². The summed E-state index contributed by atoms with van der Waals surface area (Å²) in [5.74, 6) is 0.365. The molecule has 0 aromatic carbocycles. The van der Waals surface area contributed by atoms with E-state index >= 15 is 0 Å². The highest BCUT2D eigenvalue weighted by atomic mass is 32.1. The molecule has 1 aromatic heterocycles. The molecular formula is C13H17N3O2S. The SMILES string of the molecule is COC(=O)NC1CC(c2cccs2)CN(CC#N)C1. The first kappa shape index (κ1) is 13.8. The molecule has 1 N–H and O–H groups in total. The molecule has 0 saturated carbocycles. The number of rotatable bonds is 3. The van der Waals surface area contributed by atoms with Crippen LogP contribution in [0.15, 0.2) is 17.5 Å². The third-order valence-electron chi connectivity index (χ3n) is 3.27. The molecule has 1 saturated heterocycles. The van der Waals surface area contributed by atoms with E-state index in [0.717, 1.165) is 13.0 Å². The Labute approximate surface area is 116 Å². The first-order valence-corrected chi connectivity index (χ1v) is 7.08. The molecule has 0 spiro atoms. The van der Waals surface area contributed by atoms with Gasteiger partial charge in [-0.1, -0.05) is 6.07 Å². The van der Waals surface area contributed by atoms with Crippen LogP contribution in [0.5, 0.6) is 0 Å². The highest BCUT2D eigenvalue weighted by Gasteiger charge is 2.29. The van der Waals surface area contributed by atoms with Crippen molar-refractivity contribution in [2.75, 3.05) is 26.7 Å². The minimum atomic E-state index is -0.409. The fraction of sp³-hybridized carbons (Fsp3) is 0.538. The molecule has 5 nitrogen and oxygen atoms in total. The van der Waals surface area contributed by atoms with Crippen LogP contribution in [0.1, 0.15) is 17.2 Å². The lowest BCUT2D eigenvalue weighted by Crippen LogP contribution is -2.50. The molecule has 19 heavy (non-hydrogen) atoms. The van der Waals surface area contributed by atoms with E-state index in [4.69, 9.17) is 5.26 Å². The Balaban J connectivity index is 2.04. The van der Waals surface area contributed by atoms with Gasteiger partial charge in [-0.3, -0.25) is 4.90 Å². The van der Waals surface area contributed by atoms with Crippen molar-refractivity contribution in [3.63, 3.8) is 0 Å². The van der Waals surface area contributed by atoms with Crippen molar-refractivity contribution >= 4 is 17.4 Å². The van der Waals surface area contributed by atoms with Crippen LogP contribution in [0.4, 0.5) is 4.79 Å². The predicted molar refractivity (Wildman–Crippen MR) is 73.1 cm³/mol. The summed E-state index contributed by atoms with van der Waals surface area (Å²) in [7, 11) is 1.36. The molecule has 0 aliphatic carbocycles. The van der Waals surface area contributed by atoms with Gasteiger partial charge in [0, 0.05) is 29.9 Å². The number of alkyl carbamates (subject to hydrolysis) is 1. The average molecular weight is 279 g/mol. The molecule has 1 aromatic rings. The van der Waals surface area contributed by atoms with E-state index in [-0.39, 0.29) is 6.04 Å². The van der Waals surface area contributed by atoms with Crippen LogP contribution in [0, 0.1) is 11.3 Å². The molecule has 0 radical (unpaired) electrons. The molecule has 2 rings (SSSR count). The van der Waals surface area contributed by atoms with Gasteiger partial charge in [-0.05, 0) is 17.9 Å². The monoisotopic (exact) mass is 279 g/mol. The van der Waals surface area contributed by atoms with E-state index in [2.05, 4.69) is 32.5 Å². The van der Waals surface area contributed by atoms with Crippen LogP contribution in [0.2, 0.25) is 0 Å². The fourth-order valence-corrected chi connectivity index (χ4v) is 3.31. The number of carbonyl (C=O) groups excluding carboxylic acids is 1. The number of hydrogen-bond donors (Lipinski definition) is 1. The molecular weight excluding hydrogens is 262 g/mol. The zero-order chi connectivity index (χ0) is 13.7. The highest BCUT2D eigenvalue weighted by molar-refractivity contribution is 7.10. The van der Waals surface area contributed by atoms with Crippen molar-refractivity contribution in [3.8, 4) is 6.07 Å². The summed E-state index contributed by atoms with van der Waals surface area (Å²) < 4.78 is 4.64. The van der Waals surface area contributed by atoms with Gasteiger partial charge in [0.2, 0.25) is 0 Å². The quantitative estimate of drug-likeness (QED) is 0.857. The van der Waals surface area contributed by atoms with Gasteiger partial charge in [0.05, 0.1) is 19.7 Å². The summed E-state index contributed by atoms with van der Waals surface area (Å²) in [4.78, 5) is 14.7. The lowest BCUT2D eigenvalue weighted by molar-refractivity contribution is 0.147. The first-order chi connectivity index (χ1) is 9.22. The maximum absolute atomic E-state index is 11.3. The lowest BCUT2D eigenvalue weighted by atomic mass is 9.93. The Morgan fingerprint density at radius 1 is 1.68 bits per heavy atom. The lowest BCUT2D eigenvalue weighted by Gasteiger charge is -2.36. The van der Waals surface area contributed by atoms with Crippen LogP contribution in [-0.4, -0.2) is 43.8 Å². The molecule has 1 amide bonds. The largest absolute Gasteiger partial charge is 0.453 e. The van der Waals surface area contributed by atoms with Crippen molar-refractivity contribution in [3.05, 3.63) is 22.4 Å². The molecule has 1 aliphatic heterocycles. The van der Waals surface area contributed by atoms with Crippen molar-refractivity contribution in [2.45, 2.75) is 18.4 Å². The van der Waals surface area contributed by atoms with Crippen LogP contribution in [-0.2, 0) is 4.74 Å². The smallest absolute Gasteiger partial charge is 0.407 e. The van der Waals surface area contributed by atoms with Crippen molar-refractivity contribution < 1.29 is 9.53 Å². The van der Waals surface area contributed by atoms with Crippen LogP contribution >= 0.6 is 11.3 Å². The maximum atomic E-state index is 11.3. The number of amides is 1. The molecule has 1 aliphatic rings. The Bertz CT molecular complexity index is 455. The zero-order valence-corrected chi connectivity index (χ0v) is 11.7. The second kappa shape index (κ2) is 6.55. The first-order valence-electron chi connectivity index (χ1n) is 6.20. The van der Waals surface area contributed by atoms with Gasteiger partial charge in [-0.25, -0.2) is 4.79 Å². The number of nitrogens with one attached hydrogen (secondary N) is 1. The second-order valence-electron chi connectivity index (χ2n) is 4.63. The second-order valence-corrected chi connectivity index (χ2v) is 5.61. The summed E-state index contributed by atoms with van der Waals surface area (Å²) in [6.07, 6.45) is 0.478. The highest BCUT2D eigenvalue weighted by Crippen LogP contribution is 2.30. The third kappa shape index (κ3) is 3.69. The van der Waals surface area contributed by atoms with Gasteiger partial charge < -0.3 is 10.1 Å². The molecule has 102 valence electrons. The standard InChI is InChI=1S/C13H17N3O2S/c1-18-13(17)15-11-7-10(12-3-2-6-19-12)8-16(9-11)5-4-14/h2-3,6,10-11H,5,7-9H2,1H3,(H,15,17). The number of thiophene rings is 1. The number of methoxy groups -OCH3 is 1. The van der Waals surface area contributed by atoms with Crippen molar-refractivity contribution in [1.82, 2.24) is 10.2 Å². The van der Waals surface area contributed by atoms with Crippen LogP contribution in [0.25, 0.3) is 0 Å². The summed E-state index contributed by atoms with van der Waals surface area (Å²) in [6, 6.07) is 6.35. The summed E-state index contributed by atoms with van der Waals surface area (Å²) >= 11 is 1.72. The van der Waals surface area contributed by atoms with E-state index < -0.39 is 6.09 Å². The van der Waals surface area contributed by atoms with E-state index in [9.17, 15) is 4.79 Å².